The van der Waals surface area contributed by atoms with Gasteiger partial charge in [-0.15, -0.1) is 0 Å². The summed E-state index contributed by atoms with van der Waals surface area (Å²) in [5, 5.41) is 9.98. The molecule has 2 N–H and O–H groups in total. The van der Waals surface area contributed by atoms with Crippen molar-refractivity contribution in [1.29, 1.82) is 0 Å². The SMILES string of the molecule is COc1ccc(C(OCc2ccc(B3O[C@@H]4[C@H](O3)[C@@H](CO)O[C@H]4n3ccc(=O)[nH]c3=O)cc2)(c2ccccc2)c2ccc(OC)cc2)cc1. The third-order valence-corrected chi connectivity index (χ3v) is 9.03. The van der Waals surface area contributed by atoms with Crippen LogP contribution in [-0.4, -0.2) is 60.9 Å². The Kier molecular flexibility index (Phi) is 9.22. The third-order valence-electron chi connectivity index (χ3n) is 9.03. The molecule has 0 saturated carbocycles. The number of aromatic nitrogens is 2. The van der Waals surface area contributed by atoms with Gasteiger partial charge in [0.25, 0.3) is 5.56 Å². The van der Waals surface area contributed by atoms with Crippen molar-refractivity contribution in [3.8, 4) is 11.5 Å². The summed E-state index contributed by atoms with van der Waals surface area (Å²) in [6, 6.07) is 34.8. The number of aliphatic hydroxyl groups is 1. The molecule has 11 nitrogen and oxygen atoms in total. The fourth-order valence-corrected chi connectivity index (χ4v) is 6.53. The largest absolute Gasteiger partial charge is 0.497 e. The summed E-state index contributed by atoms with van der Waals surface area (Å²) >= 11 is 0. The zero-order chi connectivity index (χ0) is 34.0. The molecule has 2 aliphatic heterocycles. The van der Waals surface area contributed by atoms with Gasteiger partial charge in [-0.1, -0.05) is 78.9 Å². The quantitative estimate of drug-likeness (QED) is 0.162. The van der Waals surface area contributed by atoms with Gasteiger partial charge in [0.2, 0.25) is 0 Å². The van der Waals surface area contributed by atoms with Crippen molar-refractivity contribution in [2.24, 2.45) is 0 Å². The van der Waals surface area contributed by atoms with Crippen molar-refractivity contribution in [1.82, 2.24) is 9.55 Å². The second-order valence-corrected chi connectivity index (χ2v) is 11.8. The summed E-state index contributed by atoms with van der Waals surface area (Å²) in [5.74, 6) is 1.48. The summed E-state index contributed by atoms with van der Waals surface area (Å²) in [4.78, 5) is 26.3. The summed E-state index contributed by atoms with van der Waals surface area (Å²) in [5.41, 5.74) is 2.35. The number of aliphatic hydroxyl groups excluding tert-OH is 1. The van der Waals surface area contributed by atoms with E-state index in [0.717, 1.165) is 39.2 Å². The lowest BCUT2D eigenvalue weighted by atomic mass is 9.79. The molecule has 12 heteroatoms. The molecule has 250 valence electrons. The average molecular weight is 663 g/mol. The van der Waals surface area contributed by atoms with Gasteiger partial charge >= 0.3 is 12.8 Å². The van der Waals surface area contributed by atoms with Crippen LogP contribution in [0.1, 0.15) is 28.5 Å². The molecule has 0 amide bonds. The molecule has 1 aromatic heterocycles. The number of rotatable bonds is 11. The first kappa shape index (κ1) is 32.6. The monoisotopic (exact) mass is 662 g/mol. The van der Waals surface area contributed by atoms with E-state index in [1.165, 1.54) is 16.8 Å². The summed E-state index contributed by atoms with van der Waals surface area (Å²) in [7, 11) is 2.52. The van der Waals surface area contributed by atoms with Crippen LogP contribution in [0, 0.1) is 0 Å². The van der Waals surface area contributed by atoms with Crippen LogP contribution in [0.15, 0.2) is 125 Å². The Hall–Kier alpha value is -4.98. The number of nitrogens with one attached hydrogen (secondary N) is 1. The van der Waals surface area contributed by atoms with Crippen LogP contribution in [0.5, 0.6) is 11.5 Å². The van der Waals surface area contributed by atoms with Crippen LogP contribution in [0.3, 0.4) is 0 Å². The van der Waals surface area contributed by atoms with Crippen LogP contribution in [0.4, 0.5) is 0 Å². The molecular weight excluding hydrogens is 627 g/mol. The van der Waals surface area contributed by atoms with E-state index in [0.29, 0.717) is 0 Å². The number of nitrogens with zero attached hydrogens (tertiary/aromatic N) is 1. The smallest absolute Gasteiger partial charge is 0.494 e. The number of hydrogen-bond acceptors (Lipinski definition) is 9. The van der Waals surface area contributed by atoms with Gasteiger partial charge in [-0.05, 0) is 52.0 Å². The molecule has 4 aromatic carbocycles. The lowest BCUT2D eigenvalue weighted by molar-refractivity contribution is -0.0606. The molecular formula is C37H35BN2O9. The summed E-state index contributed by atoms with van der Waals surface area (Å²) in [6.07, 6.45) is -1.56. The standard InChI is InChI=1S/C37H35BN2O9/c1-44-29-16-10-26(11-17-29)37(25-6-4-3-5-7-25,27-12-18-30(45-2)19-13-27)46-23-24-8-14-28(15-9-24)38-48-33-31(22-41)47-35(34(33)49-38)40-21-20-32(42)39-36(40)43/h3-21,31,33-35,41H,22-23H2,1-2H3,(H,39,42,43)/t31-,33-,34-,35-/m1/s1. The molecule has 0 unspecified atom stereocenters. The Bertz CT molecular complexity index is 1940. The van der Waals surface area contributed by atoms with Gasteiger partial charge in [-0.2, -0.15) is 0 Å². The highest BCUT2D eigenvalue weighted by atomic mass is 16.7. The Labute approximate surface area is 282 Å². The van der Waals surface area contributed by atoms with E-state index in [4.69, 9.17) is 28.3 Å². The third kappa shape index (κ3) is 6.21. The van der Waals surface area contributed by atoms with E-state index < -0.39 is 48.5 Å². The maximum absolute atomic E-state index is 12.5. The maximum atomic E-state index is 12.5. The minimum atomic E-state index is -0.971. The van der Waals surface area contributed by atoms with Crippen molar-refractivity contribution >= 4 is 12.6 Å². The number of ether oxygens (including phenoxy) is 4. The van der Waals surface area contributed by atoms with Crippen molar-refractivity contribution in [2.45, 2.75) is 36.7 Å². The zero-order valence-electron chi connectivity index (χ0n) is 26.9. The van der Waals surface area contributed by atoms with Crippen molar-refractivity contribution < 1.29 is 33.4 Å². The van der Waals surface area contributed by atoms with E-state index in [2.05, 4.69) is 17.1 Å². The summed E-state index contributed by atoms with van der Waals surface area (Å²) in [6.45, 7) is -0.0594. The van der Waals surface area contributed by atoms with E-state index in [1.54, 1.807) is 14.2 Å². The van der Waals surface area contributed by atoms with Crippen LogP contribution >= 0.6 is 0 Å². The van der Waals surface area contributed by atoms with Gasteiger partial charge < -0.3 is 33.4 Å². The number of hydrogen-bond donors (Lipinski definition) is 2. The number of fused-ring (bicyclic) bond motifs is 1. The number of H-pyrrole nitrogens is 1. The highest BCUT2D eigenvalue weighted by Gasteiger charge is 2.55. The normalized spacial score (nSPS) is 20.3. The topological polar surface area (TPSA) is 130 Å². The Morgan fingerprint density at radius 1 is 0.776 bits per heavy atom. The fraction of sp³-hybridized carbons (Fsp3) is 0.243. The van der Waals surface area contributed by atoms with Gasteiger partial charge in [0.1, 0.15) is 35.4 Å². The number of methoxy groups -OCH3 is 2. The van der Waals surface area contributed by atoms with Crippen LogP contribution < -0.4 is 26.2 Å². The molecule has 49 heavy (non-hydrogen) atoms. The first-order valence-electron chi connectivity index (χ1n) is 15.9. The second kappa shape index (κ2) is 13.9. The zero-order valence-corrected chi connectivity index (χ0v) is 26.9. The lowest BCUT2D eigenvalue weighted by Crippen LogP contribution is -2.38. The van der Waals surface area contributed by atoms with E-state index >= 15 is 0 Å². The second-order valence-electron chi connectivity index (χ2n) is 11.8. The molecule has 2 fully saturated rings. The maximum Gasteiger partial charge on any atom is 0.494 e. The van der Waals surface area contributed by atoms with Gasteiger partial charge in [-0.25, -0.2) is 4.79 Å². The van der Waals surface area contributed by atoms with Gasteiger partial charge in [-0.3, -0.25) is 14.3 Å². The van der Waals surface area contributed by atoms with Crippen molar-refractivity contribution in [3.63, 3.8) is 0 Å². The molecule has 7 rings (SSSR count). The van der Waals surface area contributed by atoms with Crippen molar-refractivity contribution in [3.05, 3.63) is 158 Å². The van der Waals surface area contributed by atoms with Crippen molar-refractivity contribution in [2.75, 3.05) is 20.8 Å². The molecule has 2 saturated heterocycles. The predicted octanol–water partition coefficient (Wildman–Crippen LogP) is 3.13. The number of benzene rings is 4. The van der Waals surface area contributed by atoms with Crippen LogP contribution in [0.2, 0.25) is 0 Å². The van der Waals surface area contributed by atoms with Gasteiger partial charge in [0.15, 0.2) is 6.23 Å². The van der Waals surface area contributed by atoms with E-state index in [-0.39, 0.29) is 13.2 Å². The molecule has 0 radical (unpaired) electrons. The first-order valence-corrected chi connectivity index (χ1v) is 15.9. The minimum absolute atomic E-state index is 0.266. The van der Waals surface area contributed by atoms with Gasteiger partial charge in [0.05, 0.1) is 27.4 Å². The molecule has 4 atom stereocenters. The van der Waals surface area contributed by atoms with Gasteiger partial charge in [0, 0.05) is 12.3 Å². The highest BCUT2D eigenvalue weighted by molar-refractivity contribution is 6.61. The Balaban J connectivity index is 1.16. The fourth-order valence-electron chi connectivity index (χ4n) is 6.53. The Morgan fingerprint density at radius 3 is 1.94 bits per heavy atom. The molecule has 0 aliphatic carbocycles. The van der Waals surface area contributed by atoms with Crippen LogP contribution in [-0.2, 0) is 31.0 Å². The number of aromatic amines is 1. The molecule has 3 heterocycles. The van der Waals surface area contributed by atoms with E-state index in [1.807, 2.05) is 91.0 Å². The summed E-state index contributed by atoms with van der Waals surface area (Å²) < 4.78 is 37.5. The lowest BCUT2D eigenvalue weighted by Gasteiger charge is -2.36. The molecule has 0 bridgehead atoms. The minimum Gasteiger partial charge on any atom is -0.497 e. The Morgan fingerprint density at radius 2 is 1.37 bits per heavy atom. The average Bonchev–Trinajstić information content (AvgIpc) is 3.73. The van der Waals surface area contributed by atoms with E-state index in [9.17, 15) is 14.7 Å². The predicted molar refractivity (Wildman–Crippen MR) is 181 cm³/mol. The first-order chi connectivity index (χ1) is 23.9. The molecule has 0 spiro atoms. The molecule has 2 aliphatic rings. The highest BCUT2D eigenvalue weighted by Crippen LogP contribution is 2.42. The van der Waals surface area contributed by atoms with Crippen LogP contribution in [0.25, 0.3) is 0 Å². The molecule has 5 aromatic rings.